The number of benzene rings is 3. The van der Waals surface area contributed by atoms with Crippen molar-refractivity contribution >= 4 is 27.7 Å². The Hall–Kier alpha value is -4.17. The van der Waals surface area contributed by atoms with Crippen molar-refractivity contribution in [1.82, 2.24) is 14.8 Å². The fraction of sp³-hybridized carbons (Fsp3) is 0.138. The average Bonchev–Trinajstić information content (AvgIpc) is 3.52. The number of rotatable bonds is 8. The van der Waals surface area contributed by atoms with Crippen LogP contribution in [0.5, 0.6) is 0 Å². The van der Waals surface area contributed by atoms with E-state index in [1.165, 1.54) is 53.9 Å². The Morgan fingerprint density at radius 1 is 1.05 bits per heavy atom. The van der Waals surface area contributed by atoms with Crippen molar-refractivity contribution in [3.05, 3.63) is 106 Å². The Balaban J connectivity index is 1.55. The standard InChI is InChI=1S/C29H21F3N4O4S2/c30-19-3-1-2-16(10-19)21-12-18(7-9-23(21)31)26-22(11-17-6-8-20(13-24(17)32)42(33,39)40)27(15-4-5-15)36(35-26)29-34-25(14-41-29)28(37)38/h1-3,6-10,12-15H,4-5,11H2,(H3-,33,37,38,39,40)/p+1. The van der Waals surface area contributed by atoms with Gasteiger partial charge in [-0.15, -0.1) is 16.5 Å². The molecule has 0 spiro atoms. The van der Waals surface area contributed by atoms with Crippen LogP contribution in [0.3, 0.4) is 0 Å². The van der Waals surface area contributed by atoms with Crippen LogP contribution in [0.1, 0.15) is 46.1 Å². The number of halogens is 3. The van der Waals surface area contributed by atoms with E-state index in [9.17, 15) is 27.4 Å². The van der Waals surface area contributed by atoms with Crippen molar-refractivity contribution in [3.63, 3.8) is 0 Å². The molecular formula is C29H22F3N4O4S2+. The minimum atomic E-state index is -3.88. The molecular weight excluding hydrogens is 589 g/mol. The second-order valence-corrected chi connectivity index (χ2v) is 12.4. The molecule has 1 aliphatic rings. The third-order valence-corrected chi connectivity index (χ3v) is 8.73. The molecule has 214 valence electrons. The second kappa shape index (κ2) is 10.6. The molecule has 0 amide bonds. The van der Waals surface area contributed by atoms with Gasteiger partial charge >= 0.3 is 16.4 Å². The topological polar surface area (TPSA) is 131 Å². The molecule has 1 aliphatic carbocycles. The Bertz CT molecular complexity index is 1910. The van der Waals surface area contributed by atoms with E-state index < -0.39 is 33.8 Å². The fourth-order valence-corrected chi connectivity index (χ4v) is 6.14. The molecule has 8 nitrogen and oxygen atoms in total. The molecule has 1 fully saturated rings. The first-order chi connectivity index (χ1) is 20.0. The molecule has 1 atom stereocenters. The number of nitrogens with two attached hydrogens (primary N) is 1. The van der Waals surface area contributed by atoms with E-state index in [2.05, 4.69) is 4.98 Å². The molecule has 6 rings (SSSR count). The fourth-order valence-electron chi connectivity index (χ4n) is 4.84. The number of aromatic nitrogens is 3. The van der Waals surface area contributed by atoms with Crippen molar-refractivity contribution in [2.24, 2.45) is 5.14 Å². The van der Waals surface area contributed by atoms with Gasteiger partial charge in [0.15, 0.2) is 5.69 Å². The number of hydrogen-bond acceptors (Lipinski definition) is 5. The van der Waals surface area contributed by atoms with E-state index in [0.717, 1.165) is 30.2 Å². The van der Waals surface area contributed by atoms with Gasteiger partial charge in [0, 0.05) is 40.5 Å². The summed E-state index contributed by atoms with van der Waals surface area (Å²) in [6.07, 6.45) is 1.64. The van der Waals surface area contributed by atoms with Crippen LogP contribution in [0.4, 0.5) is 13.2 Å². The summed E-state index contributed by atoms with van der Waals surface area (Å²) in [5.74, 6) is -3.01. The Morgan fingerprint density at radius 2 is 1.83 bits per heavy atom. The monoisotopic (exact) mass is 611 g/mol. The summed E-state index contributed by atoms with van der Waals surface area (Å²) < 4.78 is 67.3. The van der Waals surface area contributed by atoms with Crippen molar-refractivity contribution in [2.45, 2.75) is 30.1 Å². The van der Waals surface area contributed by atoms with Crippen LogP contribution in [0, 0.1) is 17.5 Å². The summed E-state index contributed by atoms with van der Waals surface area (Å²) >= 11 is 1.08. The zero-order valence-electron chi connectivity index (χ0n) is 21.6. The maximum atomic E-state index is 15.3. The Morgan fingerprint density at radius 3 is 2.48 bits per heavy atom. The highest BCUT2D eigenvalue weighted by Gasteiger charge is 2.35. The largest absolute Gasteiger partial charge is 0.476 e. The van der Waals surface area contributed by atoms with Gasteiger partial charge in [0.2, 0.25) is 10.0 Å². The van der Waals surface area contributed by atoms with E-state index in [0.29, 0.717) is 33.2 Å². The predicted molar refractivity (Wildman–Crippen MR) is 151 cm³/mol. The number of hydrogen-bond donors (Lipinski definition) is 3. The summed E-state index contributed by atoms with van der Waals surface area (Å²) in [5.41, 5.74) is 2.67. The van der Waals surface area contributed by atoms with E-state index in [1.54, 1.807) is 10.7 Å². The zero-order chi connectivity index (χ0) is 29.8. The molecule has 42 heavy (non-hydrogen) atoms. The third-order valence-electron chi connectivity index (χ3n) is 6.98. The number of nitrogens with zero attached hydrogens (tertiary/aromatic N) is 3. The lowest BCUT2D eigenvalue weighted by atomic mass is 9.95. The van der Waals surface area contributed by atoms with Crippen LogP contribution >= 0.6 is 11.3 Å². The zero-order valence-corrected chi connectivity index (χ0v) is 23.3. The number of aromatic carboxylic acids is 1. The second-order valence-electron chi connectivity index (χ2n) is 9.92. The first-order valence-corrected chi connectivity index (χ1v) is 15.1. The van der Waals surface area contributed by atoms with Crippen molar-refractivity contribution < 1.29 is 31.8 Å². The third kappa shape index (κ3) is 5.39. The van der Waals surface area contributed by atoms with Gasteiger partial charge in [0.05, 0.1) is 11.4 Å². The van der Waals surface area contributed by atoms with Crippen molar-refractivity contribution in [2.75, 3.05) is 0 Å². The number of thiazole rings is 1. The molecule has 5 aromatic rings. The van der Waals surface area contributed by atoms with Gasteiger partial charge in [-0.3, -0.25) is 0 Å². The van der Waals surface area contributed by atoms with Crippen LogP contribution in [-0.4, -0.2) is 30.4 Å². The lowest BCUT2D eigenvalue weighted by Gasteiger charge is -2.10. The first-order valence-electron chi connectivity index (χ1n) is 12.7. The van der Waals surface area contributed by atoms with Gasteiger partial charge in [-0.05, 0) is 64.6 Å². The van der Waals surface area contributed by atoms with Crippen molar-refractivity contribution in [3.8, 4) is 27.5 Å². The lowest BCUT2D eigenvalue weighted by molar-refractivity contribution is 0.0691. The lowest BCUT2D eigenvalue weighted by Crippen LogP contribution is -2.20. The molecule has 0 radical (unpaired) electrons. The summed E-state index contributed by atoms with van der Waals surface area (Å²) in [6.45, 7) is 0. The highest BCUT2D eigenvalue weighted by molar-refractivity contribution is 7.95. The van der Waals surface area contributed by atoms with E-state index >= 15 is 4.39 Å². The maximum Gasteiger partial charge on any atom is 0.355 e. The summed E-state index contributed by atoms with van der Waals surface area (Å²) in [6, 6.07) is 13.4. The van der Waals surface area contributed by atoms with Gasteiger partial charge in [-0.1, -0.05) is 18.2 Å². The van der Waals surface area contributed by atoms with Gasteiger partial charge < -0.3 is 5.11 Å². The molecule has 2 aromatic heterocycles. The molecule has 0 saturated heterocycles. The molecule has 4 N–H and O–H groups in total. The molecule has 2 heterocycles. The Kier molecular flexibility index (Phi) is 7.05. The van der Waals surface area contributed by atoms with Gasteiger partial charge in [0.25, 0.3) is 0 Å². The summed E-state index contributed by atoms with van der Waals surface area (Å²) in [4.78, 5) is 15.5. The molecule has 1 saturated carbocycles. The van der Waals surface area contributed by atoms with E-state index in [4.69, 9.17) is 10.2 Å². The quantitative estimate of drug-likeness (QED) is 0.173. The first kappa shape index (κ1) is 28.0. The van der Waals surface area contributed by atoms with E-state index in [1.807, 2.05) is 0 Å². The van der Waals surface area contributed by atoms with Gasteiger partial charge in [-0.2, -0.15) is 9.65 Å². The molecule has 3 aromatic carbocycles. The van der Waals surface area contributed by atoms with Crippen LogP contribution in [0.25, 0.3) is 27.5 Å². The highest BCUT2D eigenvalue weighted by Crippen LogP contribution is 2.46. The van der Waals surface area contributed by atoms with Crippen LogP contribution in [-0.2, 0) is 21.0 Å². The van der Waals surface area contributed by atoms with Crippen LogP contribution in [0.15, 0.2) is 70.9 Å². The molecule has 0 aliphatic heterocycles. The van der Waals surface area contributed by atoms with E-state index in [-0.39, 0.29) is 34.1 Å². The molecule has 13 heteroatoms. The van der Waals surface area contributed by atoms with Crippen LogP contribution < -0.4 is 5.14 Å². The van der Waals surface area contributed by atoms with Gasteiger partial charge in [-0.25, -0.2) is 27.6 Å². The number of carbonyl (C=O) groups is 1. The summed E-state index contributed by atoms with van der Waals surface area (Å²) in [5, 5.41) is 21.2. The number of carboxylic acids is 1. The van der Waals surface area contributed by atoms with Crippen molar-refractivity contribution in [1.29, 1.82) is 0 Å². The SMILES string of the molecule is N[S+](=O)(O)c1ccc(Cc2c(-c3ccc(F)c(-c4cccc(F)c4)c3)nn(-c3nc(C(=O)O)cs3)c2C2CC2)c(F)c1. The maximum absolute atomic E-state index is 15.3. The van der Waals surface area contributed by atoms with Crippen LogP contribution in [0.2, 0.25) is 0 Å². The smallest absolute Gasteiger partial charge is 0.355 e. The molecule has 1 unspecified atom stereocenters. The average molecular weight is 612 g/mol. The Labute approximate surface area is 242 Å². The summed E-state index contributed by atoms with van der Waals surface area (Å²) in [7, 11) is -3.88. The molecule has 0 bridgehead atoms. The highest BCUT2D eigenvalue weighted by atomic mass is 32.3. The normalized spacial score (nSPS) is 14.6. The van der Waals surface area contributed by atoms with Gasteiger partial charge in [0.1, 0.15) is 17.5 Å². The number of carboxylic acid groups (broad SMARTS) is 1. The minimum absolute atomic E-state index is 0.00824. The minimum Gasteiger partial charge on any atom is -0.476 e. The predicted octanol–water partition coefficient (Wildman–Crippen LogP) is 6.45.